The standard InChI is InChI=1S/C30H31NO/c1-5-31(6-2)29-20-17-25(24-15-11-22(3)12-16-24)21-28(29)27-9-7-8-10-30(27)32-26-18-13-23(4)14-19-26/h7-21H,5-6H2,1-4H3. The van der Waals surface area contributed by atoms with Crippen LogP contribution in [0.3, 0.4) is 0 Å². The van der Waals surface area contributed by atoms with E-state index in [1.807, 2.05) is 18.2 Å². The smallest absolute Gasteiger partial charge is 0.135 e. The van der Waals surface area contributed by atoms with Crippen LogP contribution >= 0.6 is 0 Å². The predicted molar refractivity (Wildman–Crippen MR) is 137 cm³/mol. The summed E-state index contributed by atoms with van der Waals surface area (Å²) in [6, 6.07) is 32.1. The summed E-state index contributed by atoms with van der Waals surface area (Å²) in [5.74, 6) is 1.72. The first-order chi connectivity index (χ1) is 15.6. The van der Waals surface area contributed by atoms with Gasteiger partial charge in [0.15, 0.2) is 0 Å². The summed E-state index contributed by atoms with van der Waals surface area (Å²) in [5.41, 5.74) is 8.44. The van der Waals surface area contributed by atoms with Crippen LogP contribution in [-0.2, 0) is 0 Å². The molecular formula is C30H31NO. The second-order valence-electron chi connectivity index (χ2n) is 8.18. The molecule has 4 aromatic rings. The molecule has 0 heterocycles. The Morgan fingerprint density at radius 1 is 0.625 bits per heavy atom. The van der Waals surface area contributed by atoms with E-state index in [0.29, 0.717) is 0 Å². The molecule has 0 saturated heterocycles. The Kier molecular flexibility index (Phi) is 6.61. The lowest BCUT2D eigenvalue weighted by molar-refractivity contribution is 0.484. The predicted octanol–water partition coefficient (Wildman–Crippen LogP) is 8.28. The van der Waals surface area contributed by atoms with Gasteiger partial charge in [0.2, 0.25) is 0 Å². The van der Waals surface area contributed by atoms with Crippen molar-refractivity contribution in [3.05, 3.63) is 102 Å². The Labute approximate surface area is 192 Å². The summed E-state index contributed by atoms with van der Waals surface area (Å²) in [4.78, 5) is 2.40. The molecule has 0 aliphatic carbocycles. The Morgan fingerprint density at radius 2 is 1.22 bits per heavy atom. The highest BCUT2D eigenvalue weighted by molar-refractivity contribution is 5.86. The highest BCUT2D eigenvalue weighted by atomic mass is 16.5. The molecule has 0 atom stereocenters. The zero-order valence-electron chi connectivity index (χ0n) is 19.4. The fourth-order valence-corrected chi connectivity index (χ4v) is 4.03. The van der Waals surface area contributed by atoms with Gasteiger partial charge in [-0.05, 0) is 69.2 Å². The fourth-order valence-electron chi connectivity index (χ4n) is 4.03. The van der Waals surface area contributed by atoms with Crippen molar-refractivity contribution in [1.82, 2.24) is 0 Å². The molecule has 0 N–H and O–H groups in total. The third kappa shape index (κ3) is 4.70. The lowest BCUT2D eigenvalue weighted by Gasteiger charge is -2.26. The Bertz CT molecular complexity index is 1170. The molecule has 0 bridgehead atoms. The zero-order valence-corrected chi connectivity index (χ0v) is 19.4. The second kappa shape index (κ2) is 9.74. The molecule has 0 aliphatic heterocycles. The monoisotopic (exact) mass is 421 g/mol. The van der Waals surface area contributed by atoms with Gasteiger partial charge in [-0.1, -0.05) is 71.8 Å². The van der Waals surface area contributed by atoms with Gasteiger partial charge in [-0.2, -0.15) is 0 Å². The van der Waals surface area contributed by atoms with Gasteiger partial charge in [0, 0.05) is 29.9 Å². The first kappa shape index (κ1) is 21.7. The maximum atomic E-state index is 6.36. The normalized spacial score (nSPS) is 10.8. The number of anilines is 1. The molecule has 0 radical (unpaired) electrons. The molecular weight excluding hydrogens is 390 g/mol. The molecule has 4 aromatic carbocycles. The zero-order chi connectivity index (χ0) is 22.5. The van der Waals surface area contributed by atoms with Crippen molar-refractivity contribution in [2.75, 3.05) is 18.0 Å². The van der Waals surface area contributed by atoms with Gasteiger partial charge in [-0.25, -0.2) is 0 Å². The topological polar surface area (TPSA) is 12.5 Å². The molecule has 0 spiro atoms. The fraction of sp³-hybridized carbons (Fsp3) is 0.200. The van der Waals surface area contributed by atoms with Crippen molar-refractivity contribution >= 4 is 5.69 Å². The van der Waals surface area contributed by atoms with Crippen molar-refractivity contribution in [3.8, 4) is 33.8 Å². The van der Waals surface area contributed by atoms with E-state index in [1.165, 1.54) is 33.5 Å². The number of benzene rings is 4. The van der Waals surface area contributed by atoms with Gasteiger partial charge in [0.25, 0.3) is 0 Å². The van der Waals surface area contributed by atoms with Crippen molar-refractivity contribution < 1.29 is 4.74 Å². The molecule has 0 aromatic heterocycles. The highest BCUT2D eigenvalue weighted by Crippen LogP contribution is 2.41. The number of rotatable bonds is 7. The van der Waals surface area contributed by atoms with Crippen molar-refractivity contribution in [2.24, 2.45) is 0 Å². The first-order valence-corrected chi connectivity index (χ1v) is 11.4. The van der Waals surface area contributed by atoms with E-state index in [-0.39, 0.29) is 0 Å². The van der Waals surface area contributed by atoms with Crippen LogP contribution in [0.2, 0.25) is 0 Å². The summed E-state index contributed by atoms with van der Waals surface area (Å²) < 4.78 is 6.36. The minimum atomic E-state index is 0.849. The number of para-hydroxylation sites is 1. The van der Waals surface area contributed by atoms with E-state index < -0.39 is 0 Å². The van der Waals surface area contributed by atoms with Crippen molar-refractivity contribution in [2.45, 2.75) is 27.7 Å². The average Bonchev–Trinajstić information content (AvgIpc) is 2.82. The van der Waals surface area contributed by atoms with Gasteiger partial charge in [-0.3, -0.25) is 0 Å². The highest BCUT2D eigenvalue weighted by Gasteiger charge is 2.16. The maximum absolute atomic E-state index is 6.36. The summed E-state index contributed by atoms with van der Waals surface area (Å²) in [6.07, 6.45) is 0. The Balaban J connectivity index is 1.84. The van der Waals surface area contributed by atoms with E-state index >= 15 is 0 Å². The number of hydrogen-bond donors (Lipinski definition) is 0. The van der Waals surface area contributed by atoms with Crippen LogP contribution in [0.1, 0.15) is 25.0 Å². The summed E-state index contributed by atoms with van der Waals surface area (Å²) >= 11 is 0. The third-order valence-corrected chi connectivity index (χ3v) is 5.91. The summed E-state index contributed by atoms with van der Waals surface area (Å²) in [5, 5.41) is 0. The number of nitrogens with zero attached hydrogens (tertiary/aromatic N) is 1. The molecule has 32 heavy (non-hydrogen) atoms. The first-order valence-electron chi connectivity index (χ1n) is 11.4. The summed E-state index contributed by atoms with van der Waals surface area (Å²) in [6.45, 7) is 10.5. The van der Waals surface area contributed by atoms with Crippen LogP contribution in [-0.4, -0.2) is 13.1 Å². The van der Waals surface area contributed by atoms with Crippen LogP contribution in [0.5, 0.6) is 11.5 Å². The molecule has 0 unspecified atom stereocenters. The van der Waals surface area contributed by atoms with E-state index in [2.05, 4.69) is 105 Å². The molecule has 4 rings (SSSR count). The average molecular weight is 422 g/mol. The molecule has 0 fully saturated rings. The number of aryl methyl sites for hydroxylation is 2. The molecule has 2 heteroatoms. The third-order valence-electron chi connectivity index (χ3n) is 5.91. The maximum Gasteiger partial charge on any atom is 0.135 e. The minimum Gasteiger partial charge on any atom is -0.457 e. The van der Waals surface area contributed by atoms with Crippen molar-refractivity contribution in [1.29, 1.82) is 0 Å². The number of hydrogen-bond acceptors (Lipinski definition) is 2. The van der Waals surface area contributed by atoms with Gasteiger partial charge >= 0.3 is 0 Å². The SMILES string of the molecule is CCN(CC)c1ccc(-c2ccc(C)cc2)cc1-c1ccccc1Oc1ccc(C)cc1. The molecule has 162 valence electrons. The quantitative estimate of drug-likeness (QED) is 0.298. The molecule has 0 amide bonds. The minimum absolute atomic E-state index is 0.849. The van der Waals surface area contributed by atoms with Crippen molar-refractivity contribution in [3.63, 3.8) is 0 Å². The molecule has 0 aliphatic rings. The van der Waals surface area contributed by atoms with Crippen LogP contribution < -0.4 is 9.64 Å². The Morgan fingerprint density at radius 3 is 1.88 bits per heavy atom. The van der Waals surface area contributed by atoms with Crippen LogP contribution in [0, 0.1) is 13.8 Å². The van der Waals surface area contributed by atoms with E-state index in [9.17, 15) is 0 Å². The van der Waals surface area contributed by atoms with Gasteiger partial charge < -0.3 is 9.64 Å². The largest absolute Gasteiger partial charge is 0.457 e. The van der Waals surface area contributed by atoms with E-state index in [1.54, 1.807) is 0 Å². The summed E-state index contributed by atoms with van der Waals surface area (Å²) in [7, 11) is 0. The van der Waals surface area contributed by atoms with Gasteiger partial charge in [-0.15, -0.1) is 0 Å². The van der Waals surface area contributed by atoms with Gasteiger partial charge in [0.05, 0.1) is 0 Å². The van der Waals surface area contributed by atoms with Crippen LogP contribution in [0.4, 0.5) is 5.69 Å². The van der Waals surface area contributed by atoms with Gasteiger partial charge in [0.1, 0.15) is 11.5 Å². The van der Waals surface area contributed by atoms with E-state index in [4.69, 9.17) is 4.74 Å². The lowest BCUT2D eigenvalue weighted by Crippen LogP contribution is -2.22. The molecule has 0 saturated carbocycles. The van der Waals surface area contributed by atoms with Crippen LogP contribution in [0.15, 0.2) is 91.0 Å². The van der Waals surface area contributed by atoms with Crippen LogP contribution in [0.25, 0.3) is 22.3 Å². The molecule has 2 nitrogen and oxygen atoms in total. The Hall–Kier alpha value is -3.52. The number of ether oxygens (including phenoxy) is 1. The lowest BCUT2D eigenvalue weighted by atomic mass is 9.95. The second-order valence-corrected chi connectivity index (χ2v) is 8.18. The van der Waals surface area contributed by atoms with E-state index in [0.717, 1.165) is 30.2 Å².